The summed E-state index contributed by atoms with van der Waals surface area (Å²) in [5.41, 5.74) is 0.611. The lowest BCUT2D eigenvalue weighted by Crippen LogP contribution is -2.19. The second kappa shape index (κ2) is 5.59. The van der Waals surface area contributed by atoms with Gasteiger partial charge in [0.1, 0.15) is 17.9 Å². The molecular formula is C11H13ClN2O. The maximum Gasteiger partial charge on any atom is 0.137 e. The minimum atomic E-state index is 0. The van der Waals surface area contributed by atoms with Gasteiger partial charge in [-0.1, -0.05) is 12.1 Å². The van der Waals surface area contributed by atoms with Crippen molar-refractivity contribution < 1.29 is 4.74 Å². The molecular weight excluding hydrogens is 212 g/mol. The molecule has 1 unspecified atom stereocenters. The first kappa shape index (κ1) is 11.8. The zero-order chi connectivity index (χ0) is 9.80. The molecule has 80 valence electrons. The molecule has 1 aromatic carbocycles. The summed E-state index contributed by atoms with van der Waals surface area (Å²) >= 11 is 0. The molecule has 0 amide bonds. The Morgan fingerprint density at radius 2 is 2.20 bits per heavy atom. The molecule has 0 bridgehead atoms. The number of benzene rings is 1. The number of ether oxygens (including phenoxy) is 1. The van der Waals surface area contributed by atoms with E-state index in [-0.39, 0.29) is 18.5 Å². The number of para-hydroxylation sites is 1. The van der Waals surface area contributed by atoms with Gasteiger partial charge in [-0.2, -0.15) is 5.26 Å². The van der Waals surface area contributed by atoms with Gasteiger partial charge in [-0.3, -0.25) is 0 Å². The average Bonchev–Trinajstić information content (AvgIpc) is 2.71. The molecule has 0 saturated carbocycles. The third-order valence-electron chi connectivity index (χ3n) is 2.32. The van der Waals surface area contributed by atoms with Crippen LogP contribution in [0.4, 0.5) is 0 Å². The van der Waals surface area contributed by atoms with Crippen molar-refractivity contribution in [1.29, 1.82) is 5.26 Å². The Morgan fingerprint density at radius 3 is 2.87 bits per heavy atom. The summed E-state index contributed by atoms with van der Waals surface area (Å²) in [6.07, 6.45) is 1.23. The molecule has 1 saturated heterocycles. The average molecular weight is 225 g/mol. The minimum Gasteiger partial charge on any atom is -0.488 e. The molecule has 4 heteroatoms. The van der Waals surface area contributed by atoms with Gasteiger partial charge in [0, 0.05) is 6.54 Å². The van der Waals surface area contributed by atoms with E-state index in [0.717, 1.165) is 19.5 Å². The number of hydrogen-bond donors (Lipinski definition) is 1. The lowest BCUT2D eigenvalue weighted by molar-refractivity contribution is 0.222. The van der Waals surface area contributed by atoms with E-state index in [2.05, 4.69) is 11.4 Å². The van der Waals surface area contributed by atoms with E-state index in [1.54, 1.807) is 6.07 Å². The Labute approximate surface area is 95.5 Å². The monoisotopic (exact) mass is 224 g/mol. The van der Waals surface area contributed by atoms with Crippen molar-refractivity contribution in [2.75, 3.05) is 13.1 Å². The van der Waals surface area contributed by atoms with E-state index in [1.807, 2.05) is 18.2 Å². The van der Waals surface area contributed by atoms with E-state index >= 15 is 0 Å². The van der Waals surface area contributed by atoms with Gasteiger partial charge in [-0.05, 0) is 25.1 Å². The van der Waals surface area contributed by atoms with Crippen LogP contribution >= 0.6 is 12.4 Å². The van der Waals surface area contributed by atoms with Crippen LogP contribution < -0.4 is 10.1 Å². The number of nitrogens with one attached hydrogen (secondary N) is 1. The highest BCUT2D eigenvalue weighted by atomic mass is 35.5. The largest absolute Gasteiger partial charge is 0.488 e. The molecule has 1 fully saturated rings. The van der Waals surface area contributed by atoms with Gasteiger partial charge in [0.15, 0.2) is 0 Å². The van der Waals surface area contributed by atoms with Crippen molar-refractivity contribution >= 4 is 12.4 Å². The highest BCUT2D eigenvalue weighted by molar-refractivity contribution is 5.85. The molecule has 0 radical (unpaired) electrons. The van der Waals surface area contributed by atoms with Crippen LogP contribution in [-0.2, 0) is 0 Å². The van der Waals surface area contributed by atoms with E-state index in [9.17, 15) is 0 Å². The number of nitriles is 1. The zero-order valence-electron chi connectivity index (χ0n) is 8.27. The summed E-state index contributed by atoms with van der Waals surface area (Å²) in [5.74, 6) is 0.698. The molecule has 0 spiro atoms. The van der Waals surface area contributed by atoms with Gasteiger partial charge in [0.2, 0.25) is 0 Å². The molecule has 1 aliphatic rings. The number of halogens is 1. The van der Waals surface area contributed by atoms with Gasteiger partial charge in [-0.15, -0.1) is 12.4 Å². The number of nitrogens with zero attached hydrogens (tertiary/aromatic N) is 1. The van der Waals surface area contributed by atoms with Crippen LogP contribution in [0.3, 0.4) is 0 Å². The van der Waals surface area contributed by atoms with Crippen molar-refractivity contribution in [2.45, 2.75) is 12.5 Å². The fourth-order valence-corrected chi connectivity index (χ4v) is 1.57. The lowest BCUT2D eigenvalue weighted by atomic mass is 10.2. The third kappa shape index (κ3) is 2.85. The zero-order valence-corrected chi connectivity index (χ0v) is 9.09. The Balaban J connectivity index is 0.00000112. The molecule has 1 N–H and O–H groups in total. The van der Waals surface area contributed by atoms with Gasteiger partial charge in [0.05, 0.1) is 5.56 Å². The molecule has 0 aliphatic carbocycles. The van der Waals surface area contributed by atoms with Crippen LogP contribution in [0.5, 0.6) is 5.75 Å². The van der Waals surface area contributed by atoms with Crippen LogP contribution in [0.25, 0.3) is 0 Å². The van der Waals surface area contributed by atoms with E-state index in [1.165, 1.54) is 0 Å². The fraction of sp³-hybridized carbons (Fsp3) is 0.364. The summed E-state index contributed by atoms with van der Waals surface area (Å²) in [4.78, 5) is 0. The first-order valence-electron chi connectivity index (χ1n) is 4.76. The van der Waals surface area contributed by atoms with E-state index in [0.29, 0.717) is 11.3 Å². The highest BCUT2D eigenvalue weighted by Gasteiger charge is 2.16. The molecule has 1 atom stereocenters. The Hall–Kier alpha value is -1.24. The standard InChI is InChI=1S/C11H12N2O.ClH/c12-7-9-3-1-2-4-11(9)14-10-5-6-13-8-10;/h1-4,10,13H,5-6,8H2;1H. The first-order valence-corrected chi connectivity index (χ1v) is 4.76. The van der Waals surface area contributed by atoms with E-state index < -0.39 is 0 Å². The quantitative estimate of drug-likeness (QED) is 0.832. The van der Waals surface area contributed by atoms with Crippen molar-refractivity contribution in [3.8, 4) is 11.8 Å². The molecule has 15 heavy (non-hydrogen) atoms. The topological polar surface area (TPSA) is 45.0 Å². The SMILES string of the molecule is Cl.N#Cc1ccccc1OC1CCNC1. The second-order valence-electron chi connectivity index (χ2n) is 3.34. The predicted molar refractivity (Wildman–Crippen MR) is 60.3 cm³/mol. The summed E-state index contributed by atoms with van der Waals surface area (Å²) in [5, 5.41) is 12.1. The van der Waals surface area contributed by atoms with E-state index in [4.69, 9.17) is 10.00 Å². The van der Waals surface area contributed by atoms with Crippen LogP contribution in [-0.4, -0.2) is 19.2 Å². The molecule has 1 aliphatic heterocycles. The van der Waals surface area contributed by atoms with Gasteiger partial charge < -0.3 is 10.1 Å². The first-order chi connectivity index (χ1) is 6.90. The van der Waals surface area contributed by atoms with Crippen LogP contribution in [0.2, 0.25) is 0 Å². The van der Waals surface area contributed by atoms with Crippen molar-refractivity contribution in [3.05, 3.63) is 29.8 Å². The number of rotatable bonds is 2. The maximum atomic E-state index is 8.85. The Morgan fingerprint density at radius 1 is 1.40 bits per heavy atom. The maximum absolute atomic E-state index is 8.85. The van der Waals surface area contributed by atoms with Crippen molar-refractivity contribution in [1.82, 2.24) is 5.32 Å². The minimum absolute atomic E-state index is 0. The molecule has 0 aromatic heterocycles. The fourth-order valence-electron chi connectivity index (χ4n) is 1.57. The molecule has 3 nitrogen and oxygen atoms in total. The van der Waals surface area contributed by atoms with Crippen molar-refractivity contribution in [2.24, 2.45) is 0 Å². The van der Waals surface area contributed by atoms with Crippen LogP contribution in [0, 0.1) is 11.3 Å². The normalized spacial score (nSPS) is 19.0. The summed E-state index contributed by atoms with van der Waals surface area (Å²) in [6.45, 7) is 1.87. The summed E-state index contributed by atoms with van der Waals surface area (Å²) in [7, 11) is 0. The Bertz CT molecular complexity index is 356. The van der Waals surface area contributed by atoms with Crippen LogP contribution in [0.1, 0.15) is 12.0 Å². The lowest BCUT2D eigenvalue weighted by Gasteiger charge is -2.12. The van der Waals surface area contributed by atoms with Crippen LogP contribution in [0.15, 0.2) is 24.3 Å². The molecule has 1 heterocycles. The van der Waals surface area contributed by atoms with Gasteiger partial charge >= 0.3 is 0 Å². The molecule has 1 aromatic rings. The molecule has 2 rings (SSSR count). The highest BCUT2D eigenvalue weighted by Crippen LogP contribution is 2.19. The Kier molecular flexibility index (Phi) is 4.41. The third-order valence-corrected chi connectivity index (χ3v) is 2.32. The number of hydrogen-bond acceptors (Lipinski definition) is 3. The predicted octanol–water partition coefficient (Wildman–Crippen LogP) is 1.72. The second-order valence-corrected chi connectivity index (χ2v) is 3.34. The van der Waals surface area contributed by atoms with Gasteiger partial charge in [0.25, 0.3) is 0 Å². The van der Waals surface area contributed by atoms with Crippen molar-refractivity contribution in [3.63, 3.8) is 0 Å². The van der Waals surface area contributed by atoms with Gasteiger partial charge in [-0.25, -0.2) is 0 Å². The summed E-state index contributed by atoms with van der Waals surface area (Å²) < 4.78 is 5.71. The summed E-state index contributed by atoms with van der Waals surface area (Å²) in [6, 6.07) is 9.48. The smallest absolute Gasteiger partial charge is 0.137 e.